The van der Waals surface area contributed by atoms with Crippen LogP contribution in [0.3, 0.4) is 0 Å². The number of carbonyl (C=O) groups is 1. The Bertz CT molecular complexity index is 1130. The molecule has 0 aliphatic rings. The van der Waals surface area contributed by atoms with E-state index in [0.717, 1.165) is 5.56 Å². The summed E-state index contributed by atoms with van der Waals surface area (Å²) in [5.41, 5.74) is 1.58. The molecular formula is C20H17BrN2O5S. The van der Waals surface area contributed by atoms with Crippen LogP contribution in [0.1, 0.15) is 16.1 Å². The average molecular weight is 477 g/mol. The number of hydrogen-bond acceptors (Lipinski definition) is 6. The molecule has 0 fully saturated rings. The fourth-order valence-corrected chi connectivity index (χ4v) is 3.85. The molecule has 2 aromatic carbocycles. The number of ether oxygens (including phenoxy) is 1. The maximum Gasteiger partial charge on any atom is 0.339 e. The number of rotatable bonds is 8. The van der Waals surface area contributed by atoms with E-state index in [1.165, 1.54) is 24.3 Å². The zero-order valence-corrected chi connectivity index (χ0v) is 17.6. The molecule has 1 heterocycles. The minimum absolute atomic E-state index is 0.0551. The first-order valence-electron chi connectivity index (χ1n) is 8.49. The number of benzene rings is 2. The number of sulfonamides is 1. The third-order valence-electron chi connectivity index (χ3n) is 3.86. The van der Waals surface area contributed by atoms with Crippen LogP contribution in [0.4, 0.5) is 0 Å². The molecule has 0 spiro atoms. The van der Waals surface area contributed by atoms with Gasteiger partial charge in [0, 0.05) is 22.6 Å². The molecule has 1 N–H and O–H groups in total. The highest BCUT2D eigenvalue weighted by molar-refractivity contribution is 9.10. The molecule has 150 valence electrons. The number of carbonyl (C=O) groups excluding carboxylic acids is 1. The molecule has 0 saturated carbocycles. The van der Waals surface area contributed by atoms with Crippen molar-refractivity contribution in [3.63, 3.8) is 0 Å². The van der Waals surface area contributed by atoms with Gasteiger partial charge in [0.15, 0.2) is 12.4 Å². The molecule has 0 saturated heterocycles. The number of hydrogen-bond donors (Lipinski definition) is 1. The topological polar surface area (TPSA) is 98.5 Å². The van der Waals surface area contributed by atoms with E-state index in [0.29, 0.717) is 15.9 Å². The van der Waals surface area contributed by atoms with Crippen molar-refractivity contribution in [3.05, 3.63) is 83.0 Å². The monoisotopic (exact) mass is 476 g/mol. The summed E-state index contributed by atoms with van der Waals surface area (Å²) in [7, 11) is -3.77. The van der Waals surface area contributed by atoms with Gasteiger partial charge in [-0.3, -0.25) is 0 Å². The van der Waals surface area contributed by atoms with Crippen molar-refractivity contribution in [2.75, 3.05) is 6.54 Å². The van der Waals surface area contributed by atoms with E-state index in [4.69, 9.17) is 9.26 Å². The van der Waals surface area contributed by atoms with Crippen LogP contribution in [0, 0.1) is 0 Å². The fourth-order valence-electron chi connectivity index (χ4n) is 2.42. The van der Waals surface area contributed by atoms with Crippen LogP contribution in [0.15, 0.2) is 81.1 Å². The molecule has 0 unspecified atom stereocenters. The first-order valence-corrected chi connectivity index (χ1v) is 10.8. The predicted molar refractivity (Wildman–Crippen MR) is 111 cm³/mol. The minimum Gasteiger partial charge on any atom is -0.454 e. The Kier molecular flexibility index (Phi) is 6.63. The van der Waals surface area contributed by atoms with Gasteiger partial charge in [0.1, 0.15) is 5.69 Å². The van der Waals surface area contributed by atoms with E-state index in [-0.39, 0.29) is 23.6 Å². The normalized spacial score (nSPS) is 11.2. The summed E-state index contributed by atoms with van der Waals surface area (Å²) in [4.78, 5) is 12.4. The second-order valence-electron chi connectivity index (χ2n) is 5.90. The highest BCUT2D eigenvalue weighted by Crippen LogP contribution is 2.23. The molecular weight excluding hydrogens is 460 g/mol. The quantitative estimate of drug-likeness (QED) is 0.390. The van der Waals surface area contributed by atoms with Gasteiger partial charge in [-0.25, -0.2) is 17.9 Å². The molecule has 0 bridgehead atoms. The standard InChI is InChI=1S/C20H17BrN2O5S/c1-2-10-22-29(25,26)16-8-9-18(21)17(12-16)20(24)27-13-15-11-19(23-28-15)14-6-4-3-5-7-14/h2-9,11-12,22H,1,10,13H2. The summed E-state index contributed by atoms with van der Waals surface area (Å²) in [6.07, 6.45) is 1.42. The van der Waals surface area contributed by atoms with Crippen LogP contribution in [0.25, 0.3) is 11.3 Å². The van der Waals surface area contributed by atoms with Crippen molar-refractivity contribution < 1.29 is 22.5 Å². The SMILES string of the molecule is C=CCNS(=O)(=O)c1ccc(Br)c(C(=O)OCc2cc(-c3ccccc3)no2)c1. The molecule has 3 aromatic rings. The van der Waals surface area contributed by atoms with Gasteiger partial charge in [0.25, 0.3) is 0 Å². The molecule has 7 nitrogen and oxygen atoms in total. The number of halogens is 1. The number of nitrogens with one attached hydrogen (secondary N) is 1. The molecule has 0 atom stereocenters. The van der Waals surface area contributed by atoms with Crippen molar-refractivity contribution >= 4 is 31.9 Å². The zero-order valence-electron chi connectivity index (χ0n) is 15.2. The van der Waals surface area contributed by atoms with Crippen molar-refractivity contribution in [3.8, 4) is 11.3 Å². The first-order chi connectivity index (χ1) is 13.9. The summed E-state index contributed by atoms with van der Waals surface area (Å²) in [6, 6.07) is 15.2. The van der Waals surface area contributed by atoms with Crippen molar-refractivity contribution in [1.82, 2.24) is 9.88 Å². The summed E-state index contributed by atoms with van der Waals surface area (Å²) in [5.74, 6) is -0.333. The van der Waals surface area contributed by atoms with Gasteiger partial charge < -0.3 is 9.26 Å². The van der Waals surface area contributed by atoms with Gasteiger partial charge in [0.2, 0.25) is 10.0 Å². The van der Waals surface area contributed by atoms with E-state index in [2.05, 4.69) is 32.4 Å². The zero-order chi connectivity index (χ0) is 20.9. The average Bonchev–Trinajstić information content (AvgIpc) is 3.20. The van der Waals surface area contributed by atoms with Crippen LogP contribution in [0.2, 0.25) is 0 Å². The highest BCUT2D eigenvalue weighted by atomic mass is 79.9. The predicted octanol–water partition coefficient (Wildman–Crippen LogP) is 3.93. The Morgan fingerprint density at radius 1 is 1.21 bits per heavy atom. The van der Waals surface area contributed by atoms with Crippen molar-refractivity contribution in [1.29, 1.82) is 0 Å². The molecule has 0 radical (unpaired) electrons. The largest absolute Gasteiger partial charge is 0.454 e. The fraction of sp³-hybridized carbons (Fsp3) is 0.100. The van der Waals surface area contributed by atoms with Crippen molar-refractivity contribution in [2.24, 2.45) is 0 Å². The van der Waals surface area contributed by atoms with Crippen LogP contribution in [0.5, 0.6) is 0 Å². The van der Waals surface area contributed by atoms with E-state index in [1.54, 1.807) is 6.07 Å². The second-order valence-corrected chi connectivity index (χ2v) is 8.52. The third-order valence-corrected chi connectivity index (χ3v) is 5.97. The maximum atomic E-state index is 12.5. The van der Waals surface area contributed by atoms with Gasteiger partial charge in [-0.15, -0.1) is 6.58 Å². The van der Waals surface area contributed by atoms with Gasteiger partial charge in [-0.1, -0.05) is 41.6 Å². The third kappa shape index (κ3) is 5.20. The van der Waals surface area contributed by atoms with Gasteiger partial charge >= 0.3 is 5.97 Å². The van der Waals surface area contributed by atoms with Crippen LogP contribution < -0.4 is 4.72 Å². The maximum absolute atomic E-state index is 12.5. The molecule has 0 aliphatic carbocycles. The summed E-state index contributed by atoms with van der Waals surface area (Å²) >= 11 is 3.24. The Morgan fingerprint density at radius 3 is 2.69 bits per heavy atom. The Morgan fingerprint density at radius 2 is 1.97 bits per heavy atom. The van der Waals surface area contributed by atoms with Crippen LogP contribution in [-0.4, -0.2) is 26.1 Å². The Labute approximate surface area is 176 Å². The second kappa shape index (κ2) is 9.17. The smallest absolute Gasteiger partial charge is 0.339 e. The Balaban J connectivity index is 1.72. The Hall–Kier alpha value is -2.75. The van der Waals surface area contributed by atoms with Crippen LogP contribution >= 0.6 is 15.9 Å². The lowest BCUT2D eigenvalue weighted by Crippen LogP contribution is -2.24. The van der Waals surface area contributed by atoms with E-state index >= 15 is 0 Å². The number of esters is 1. The highest BCUT2D eigenvalue weighted by Gasteiger charge is 2.19. The van der Waals surface area contributed by atoms with Gasteiger partial charge in [-0.2, -0.15) is 0 Å². The summed E-state index contributed by atoms with van der Waals surface area (Å²) in [6.45, 7) is 3.40. The van der Waals surface area contributed by atoms with E-state index < -0.39 is 16.0 Å². The molecule has 1 aromatic heterocycles. The summed E-state index contributed by atoms with van der Waals surface area (Å²) < 4.78 is 37.7. The lowest BCUT2D eigenvalue weighted by atomic mass is 10.1. The van der Waals surface area contributed by atoms with Gasteiger partial charge in [-0.05, 0) is 34.1 Å². The van der Waals surface area contributed by atoms with Gasteiger partial charge in [0.05, 0.1) is 10.5 Å². The van der Waals surface area contributed by atoms with Crippen LogP contribution in [-0.2, 0) is 21.4 Å². The molecule has 29 heavy (non-hydrogen) atoms. The molecule has 9 heteroatoms. The van der Waals surface area contributed by atoms with E-state index in [9.17, 15) is 13.2 Å². The number of aromatic nitrogens is 1. The lowest BCUT2D eigenvalue weighted by Gasteiger charge is -2.09. The lowest BCUT2D eigenvalue weighted by molar-refractivity contribution is 0.0436. The molecule has 3 rings (SSSR count). The van der Waals surface area contributed by atoms with Crippen molar-refractivity contribution in [2.45, 2.75) is 11.5 Å². The summed E-state index contributed by atoms with van der Waals surface area (Å²) in [5, 5.41) is 3.96. The molecule has 0 amide bonds. The van der Waals surface area contributed by atoms with E-state index in [1.807, 2.05) is 30.3 Å². The minimum atomic E-state index is -3.77. The number of nitrogens with zero attached hydrogens (tertiary/aromatic N) is 1. The molecule has 0 aliphatic heterocycles. The first kappa shape index (κ1) is 21.0.